The van der Waals surface area contributed by atoms with Crippen LogP contribution in [0.25, 0.3) is 10.1 Å². The minimum Gasteiger partial charge on any atom is -0.144 e. The van der Waals surface area contributed by atoms with E-state index in [1.807, 2.05) is 11.3 Å². The van der Waals surface area contributed by atoms with E-state index >= 15 is 0 Å². The van der Waals surface area contributed by atoms with Crippen LogP contribution >= 0.6 is 11.3 Å². The molecule has 0 radical (unpaired) electrons. The van der Waals surface area contributed by atoms with Gasteiger partial charge < -0.3 is 0 Å². The van der Waals surface area contributed by atoms with Gasteiger partial charge in [0.25, 0.3) is 0 Å². The molecule has 1 heterocycles. The summed E-state index contributed by atoms with van der Waals surface area (Å²) in [6, 6.07) is 6.74. The highest BCUT2D eigenvalue weighted by Crippen LogP contribution is 2.27. The molecular formula is C12H14S. The molecule has 1 heteroatoms. The van der Waals surface area contributed by atoms with Crippen LogP contribution in [-0.2, 0) is 6.42 Å². The Morgan fingerprint density at radius 3 is 2.92 bits per heavy atom. The van der Waals surface area contributed by atoms with Crippen molar-refractivity contribution in [2.24, 2.45) is 0 Å². The second-order valence-electron chi connectivity index (χ2n) is 3.51. The second-order valence-corrected chi connectivity index (χ2v) is 4.42. The molecule has 0 unspecified atom stereocenters. The van der Waals surface area contributed by atoms with Crippen LogP contribution in [-0.4, -0.2) is 0 Å². The van der Waals surface area contributed by atoms with Crippen molar-refractivity contribution in [3.8, 4) is 0 Å². The highest BCUT2D eigenvalue weighted by atomic mass is 32.1. The van der Waals surface area contributed by atoms with Gasteiger partial charge in [-0.2, -0.15) is 0 Å². The van der Waals surface area contributed by atoms with Crippen LogP contribution < -0.4 is 0 Å². The zero-order valence-corrected chi connectivity index (χ0v) is 8.95. The summed E-state index contributed by atoms with van der Waals surface area (Å²) < 4.78 is 1.43. The van der Waals surface area contributed by atoms with Crippen molar-refractivity contribution >= 4 is 21.4 Å². The number of rotatable bonds is 2. The molecule has 0 atom stereocenters. The molecule has 0 saturated heterocycles. The lowest BCUT2D eigenvalue weighted by molar-refractivity contribution is 0.933. The molecule has 0 amide bonds. The van der Waals surface area contributed by atoms with Gasteiger partial charge in [0.2, 0.25) is 0 Å². The number of hydrogen-bond acceptors (Lipinski definition) is 1. The first-order valence-corrected chi connectivity index (χ1v) is 5.66. The zero-order valence-electron chi connectivity index (χ0n) is 8.13. The van der Waals surface area contributed by atoms with Crippen LogP contribution in [0, 0.1) is 6.92 Å². The van der Waals surface area contributed by atoms with E-state index in [0.29, 0.717) is 0 Å². The van der Waals surface area contributed by atoms with Crippen LogP contribution in [0.2, 0.25) is 0 Å². The Bertz CT molecular complexity index is 412. The van der Waals surface area contributed by atoms with Crippen molar-refractivity contribution < 1.29 is 0 Å². The molecule has 0 spiro atoms. The van der Waals surface area contributed by atoms with Crippen LogP contribution in [0.1, 0.15) is 24.5 Å². The number of hydrogen-bond donors (Lipinski definition) is 0. The Kier molecular flexibility index (Phi) is 2.36. The molecular weight excluding hydrogens is 176 g/mol. The molecule has 2 aromatic rings. The van der Waals surface area contributed by atoms with Crippen LogP contribution in [0.4, 0.5) is 0 Å². The summed E-state index contributed by atoms with van der Waals surface area (Å²) in [6.07, 6.45) is 2.45. The third kappa shape index (κ3) is 1.61. The van der Waals surface area contributed by atoms with Gasteiger partial charge in [-0.3, -0.25) is 0 Å². The number of thiophene rings is 1. The molecule has 1 aromatic heterocycles. The lowest BCUT2D eigenvalue weighted by Crippen LogP contribution is -1.79. The van der Waals surface area contributed by atoms with Gasteiger partial charge in [0.05, 0.1) is 0 Å². The quantitative estimate of drug-likeness (QED) is 0.667. The van der Waals surface area contributed by atoms with Crippen molar-refractivity contribution in [3.05, 3.63) is 34.7 Å². The third-order valence-corrected chi connectivity index (χ3v) is 3.32. The molecule has 2 rings (SSSR count). The van der Waals surface area contributed by atoms with Crippen LogP contribution in [0.5, 0.6) is 0 Å². The summed E-state index contributed by atoms with van der Waals surface area (Å²) in [5, 5.41) is 3.76. The van der Waals surface area contributed by atoms with Gasteiger partial charge >= 0.3 is 0 Å². The Hall–Kier alpha value is -0.820. The molecule has 0 bridgehead atoms. The number of benzene rings is 1. The predicted octanol–water partition coefficient (Wildman–Crippen LogP) is 4.16. The van der Waals surface area contributed by atoms with Gasteiger partial charge in [-0.15, -0.1) is 11.3 Å². The maximum absolute atomic E-state index is 2.30. The Morgan fingerprint density at radius 1 is 1.31 bits per heavy atom. The predicted molar refractivity (Wildman–Crippen MR) is 60.6 cm³/mol. The normalized spacial score (nSPS) is 10.9. The average molecular weight is 190 g/mol. The molecule has 13 heavy (non-hydrogen) atoms. The smallest absolute Gasteiger partial charge is 0.0348 e. The molecule has 1 aromatic carbocycles. The van der Waals surface area contributed by atoms with Crippen molar-refractivity contribution in [1.82, 2.24) is 0 Å². The fraction of sp³-hybridized carbons (Fsp3) is 0.333. The first-order valence-electron chi connectivity index (χ1n) is 4.78. The molecule has 68 valence electrons. The summed E-state index contributed by atoms with van der Waals surface area (Å²) >= 11 is 1.87. The first kappa shape index (κ1) is 8.76. The van der Waals surface area contributed by atoms with E-state index in [1.54, 1.807) is 0 Å². The summed E-state index contributed by atoms with van der Waals surface area (Å²) in [4.78, 5) is 0. The molecule has 0 aliphatic carbocycles. The van der Waals surface area contributed by atoms with Gasteiger partial charge in [-0.1, -0.05) is 25.5 Å². The summed E-state index contributed by atoms with van der Waals surface area (Å²) in [5.74, 6) is 0. The van der Waals surface area contributed by atoms with Crippen molar-refractivity contribution in [2.75, 3.05) is 0 Å². The van der Waals surface area contributed by atoms with Crippen molar-refractivity contribution in [3.63, 3.8) is 0 Å². The number of fused-ring (bicyclic) bond motifs is 1. The van der Waals surface area contributed by atoms with E-state index in [0.717, 1.165) is 0 Å². The monoisotopic (exact) mass is 190 g/mol. The molecule has 0 fully saturated rings. The molecule has 0 N–H and O–H groups in total. The Morgan fingerprint density at radius 2 is 2.15 bits per heavy atom. The Balaban J connectivity index is 2.55. The minimum absolute atomic E-state index is 1.21. The lowest BCUT2D eigenvalue weighted by atomic mass is 10.1. The maximum Gasteiger partial charge on any atom is 0.0348 e. The fourth-order valence-electron chi connectivity index (χ4n) is 1.65. The van der Waals surface area contributed by atoms with Crippen molar-refractivity contribution in [2.45, 2.75) is 26.7 Å². The van der Waals surface area contributed by atoms with Crippen LogP contribution in [0.15, 0.2) is 23.6 Å². The third-order valence-electron chi connectivity index (χ3n) is 2.33. The topological polar surface area (TPSA) is 0 Å². The first-order chi connectivity index (χ1) is 6.31. The zero-order chi connectivity index (χ0) is 9.26. The SMILES string of the molecule is CCCc1csc2cc(C)ccc12. The largest absolute Gasteiger partial charge is 0.144 e. The van der Waals surface area contributed by atoms with Gasteiger partial charge in [0.1, 0.15) is 0 Å². The van der Waals surface area contributed by atoms with Crippen molar-refractivity contribution in [1.29, 1.82) is 0 Å². The maximum atomic E-state index is 2.30. The second kappa shape index (κ2) is 3.51. The highest BCUT2D eigenvalue weighted by Gasteiger charge is 2.02. The van der Waals surface area contributed by atoms with Gasteiger partial charge in [-0.25, -0.2) is 0 Å². The fourth-order valence-corrected chi connectivity index (χ4v) is 2.75. The molecule has 0 saturated carbocycles. The average Bonchev–Trinajstić information content (AvgIpc) is 2.49. The van der Waals surface area contributed by atoms with Gasteiger partial charge in [-0.05, 0) is 41.3 Å². The summed E-state index contributed by atoms with van der Waals surface area (Å²) in [5.41, 5.74) is 2.87. The lowest BCUT2D eigenvalue weighted by Gasteiger charge is -1.96. The van der Waals surface area contributed by atoms with Gasteiger partial charge in [0, 0.05) is 4.70 Å². The molecule has 0 aliphatic heterocycles. The summed E-state index contributed by atoms with van der Waals surface area (Å²) in [7, 11) is 0. The summed E-state index contributed by atoms with van der Waals surface area (Å²) in [6.45, 7) is 4.39. The van der Waals surface area contributed by atoms with Gasteiger partial charge in [0.15, 0.2) is 0 Å². The van der Waals surface area contributed by atoms with E-state index in [4.69, 9.17) is 0 Å². The standard InChI is InChI=1S/C12H14S/c1-3-4-10-8-13-12-7-9(2)5-6-11(10)12/h5-8H,3-4H2,1-2H3. The molecule has 0 nitrogen and oxygen atoms in total. The number of aryl methyl sites for hydroxylation is 2. The molecule has 0 aliphatic rings. The van der Waals surface area contributed by atoms with E-state index in [-0.39, 0.29) is 0 Å². The van der Waals surface area contributed by atoms with E-state index in [1.165, 1.54) is 34.1 Å². The van der Waals surface area contributed by atoms with Crippen LogP contribution in [0.3, 0.4) is 0 Å². The van der Waals surface area contributed by atoms with E-state index in [2.05, 4.69) is 37.4 Å². The van der Waals surface area contributed by atoms with E-state index < -0.39 is 0 Å². The minimum atomic E-state index is 1.21. The van der Waals surface area contributed by atoms with E-state index in [9.17, 15) is 0 Å². The Labute approximate surface area is 83.2 Å². The highest BCUT2D eigenvalue weighted by molar-refractivity contribution is 7.17.